The monoisotopic (exact) mass is 351 g/mol. The molecule has 2 aromatic heterocycles. The fraction of sp³-hybridized carbons (Fsp3) is 0.389. The summed E-state index contributed by atoms with van der Waals surface area (Å²) in [5.41, 5.74) is 3.14. The largest absolute Gasteiger partial charge is 0.351 e. The highest BCUT2D eigenvalue weighted by Gasteiger charge is 2.28. The van der Waals surface area contributed by atoms with Crippen LogP contribution in [0.2, 0.25) is 0 Å². The molecule has 1 unspecified atom stereocenters. The number of aromatic nitrogens is 6. The van der Waals surface area contributed by atoms with Gasteiger partial charge in [0.15, 0.2) is 5.82 Å². The standard InChI is InChI=1S/C18H21N7O/c1-13-6-2-3-8-16(13)25-12-14(11-20-25)10-19-18(26)15-7-4-5-9-24-17(15)21-22-23-24/h2-3,6,8,11-12,15H,4-5,7,9-10H2,1H3,(H,19,26). The highest BCUT2D eigenvalue weighted by Crippen LogP contribution is 2.24. The Hall–Kier alpha value is -3.03. The van der Waals surface area contributed by atoms with Crippen molar-refractivity contribution in [1.29, 1.82) is 0 Å². The number of nitrogens with one attached hydrogen (secondary N) is 1. The number of hydrogen-bond acceptors (Lipinski definition) is 5. The fourth-order valence-electron chi connectivity index (χ4n) is 3.32. The SMILES string of the molecule is Cc1ccccc1-n1cc(CNC(=O)C2CCCCn3nnnc32)cn1. The Kier molecular flexibility index (Phi) is 4.47. The molecule has 0 fully saturated rings. The van der Waals surface area contributed by atoms with Gasteiger partial charge in [0.2, 0.25) is 5.91 Å². The maximum atomic E-state index is 12.7. The molecule has 3 aromatic rings. The number of rotatable bonds is 4. The number of benzene rings is 1. The predicted octanol–water partition coefficient (Wildman–Crippen LogP) is 1.75. The molecule has 1 atom stereocenters. The van der Waals surface area contributed by atoms with E-state index in [4.69, 9.17) is 0 Å². The van der Waals surface area contributed by atoms with Crippen molar-refractivity contribution < 1.29 is 4.79 Å². The molecule has 8 nitrogen and oxygen atoms in total. The number of tetrazole rings is 1. The van der Waals surface area contributed by atoms with E-state index in [2.05, 4.69) is 38.9 Å². The third-order valence-corrected chi connectivity index (χ3v) is 4.77. The van der Waals surface area contributed by atoms with Crippen molar-refractivity contribution in [3.8, 4) is 5.69 Å². The molecule has 4 rings (SSSR count). The van der Waals surface area contributed by atoms with E-state index in [1.54, 1.807) is 10.9 Å². The quantitative estimate of drug-likeness (QED) is 0.773. The first kappa shape index (κ1) is 16.4. The third-order valence-electron chi connectivity index (χ3n) is 4.77. The highest BCUT2D eigenvalue weighted by atomic mass is 16.1. The summed E-state index contributed by atoms with van der Waals surface area (Å²) in [5, 5.41) is 19.2. The van der Waals surface area contributed by atoms with Gasteiger partial charge in [-0.15, -0.1) is 5.10 Å². The molecule has 8 heteroatoms. The summed E-state index contributed by atoms with van der Waals surface area (Å²) in [4.78, 5) is 12.7. The lowest BCUT2D eigenvalue weighted by Crippen LogP contribution is -2.30. The van der Waals surface area contributed by atoms with Gasteiger partial charge in [0.25, 0.3) is 0 Å². The molecule has 1 amide bonds. The molecule has 1 aromatic carbocycles. The molecule has 1 N–H and O–H groups in total. The Morgan fingerprint density at radius 1 is 1.31 bits per heavy atom. The second-order valence-corrected chi connectivity index (χ2v) is 6.61. The molecule has 0 saturated carbocycles. The van der Waals surface area contributed by atoms with Crippen molar-refractivity contribution >= 4 is 5.91 Å². The molecule has 1 aliphatic rings. The van der Waals surface area contributed by atoms with Crippen LogP contribution in [-0.4, -0.2) is 35.9 Å². The van der Waals surface area contributed by atoms with E-state index in [1.807, 2.05) is 29.1 Å². The van der Waals surface area contributed by atoms with Crippen LogP contribution in [0.5, 0.6) is 0 Å². The van der Waals surface area contributed by atoms with E-state index in [9.17, 15) is 4.79 Å². The van der Waals surface area contributed by atoms with E-state index in [0.29, 0.717) is 12.4 Å². The number of hydrogen-bond donors (Lipinski definition) is 1. The van der Waals surface area contributed by atoms with Gasteiger partial charge in [0.05, 0.1) is 17.8 Å². The topological polar surface area (TPSA) is 90.5 Å². The number of amides is 1. The van der Waals surface area contributed by atoms with Crippen molar-refractivity contribution in [3.05, 3.63) is 53.6 Å². The summed E-state index contributed by atoms with van der Waals surface area (Å²) in [6.45, 7) is 3.26. The lowest BCUT2D eigenvalue weighted by molar-refractivity contribution is -0.123. The third kappa shape index (κ3) is 3.22. The zero-order valence-corrected chi connectivity index (χ0v) is 14.7. The van der Waals surface area contributed by atoms with Crippen LogP contribution in [0.4, 0.5) is 0 Å². The van der Waals surface area contributed by atoms with E-state index < -0.39 is 0 Å². The van der Waals surface area contributed by atoms with Crippen LogP contribution in [-0.2, 0) is 17.9 Å². The number of aryl methyl sites for hydroxylation is 2. The van der Waals surface area contributed by atoms with E-state index in [-0.39, 0.29) is 11.8 Å². The normalized spacial score (nSPS) is 16.7. The average Bonchev–Trinajstić information content (AvgIpc) is 3.26. The smallest absolute Gasteiger partial charge is 0.231 e. The second-order valence-electron chi connectivity index (χ2n) is 6.61. The van der Waals surface area contributed by atoms with Crippen LogP contribution in [0.1, 0.15) is 42.1 Å². The molecule has 0 bridgehead atoms. The van der Waals surface area contributed by atoms with Gasteiger partial charge in [-0.05, 0) is 41.8 Å². The van der Waals surface area contributed by atoms with Gasteiger partial charge >= 0.3 is 0 Å². The minimum absolute atomic E-state index is 0.0356. The molecule has 26 heavy (non-hydrogen) atoms. The summed E-state index contributed by atoms with van der Waals surface area (Å²) in [6.07, 6.45) is 6.47. The summed E-state index contributed by atoms with van der Waals surface area (Å²) >= 11 is 0. The van der Waals surface area contributed by atoms with E-state index >= 15 is 0 Å². The van der Waals surface area contributed by atoms with Crippen molar-refractivity contribution in [1.82, 2.24) is 35.3 Å². The number of carbonyl (C=O) groups excluding carboxylic acids is 1. The number of fused-ring (bicyclic) bond motifs is 1. The first-order valence-electron chi connectivity index (χ1n) is 8.85. The van der Waals surface area contributed by atoms with Gasteiger partial charge in [-0.2, -0.15) is 5.10 Å². The number of nitrogens with zero attached hydrogens (tertiary/aromatic N) is 6. The minimum Gasteiger partial charge on any atom is -0.351 e. The maximum Gasteiger partial charge on any atom is 0.231 e. The van der Waals surface area contributed by atoms with Gasteiger partial charge < -0.3 is 5.32 Å². The molecule has 0 spiro atoms. The first-order valence-corrected chi connectivity index (χ1v) is 8.85. The molecule has 0 aliphatic carbocycles. The van der Waals surface area contributed by atoms with Gasteiger partial charge in [0.1, 0.15) is 0 Å². The van der Waals surface area contributed by atoms with Crippen LogP contribution < -0.4 is 5.32 Å². The Bertz CT molecular complexity index is 914. The van der Waals surface area contributed by atoms with Crippen molar-refractivity contribution in [2.24, 2.45) is 0 Å². The average molecular weight is 351 g/mol. The molecular formula is C18H21N7O. The highest BCUT2D eigenvalue weighted by molar-refractivity contribution is 5.82. The molecule has 134 valence electrons. The molecule has 3 heterocycles. The Morgan fingerprint density at radius 2 is 2.19 bits per heavy atom. The van der Waals surface area contributed by atoms with Crippen molar-refractivity contribution in [2.45, 2.75) is 45.2 Å². The second kappa shape index (κ2) is 7.07. The van der Waals surface area contributed by atoms with Gasteiger partial charge in [-0.1, -0.05) is 24.6 Å². The minimum atomic E-state index is -0.293. The summed E-state index contributed by atoms with van der Waals surface area (Å²) in [6, 6.07) is 8.07. The number of carbonyl (C=O) groups is 1. The first-order chi connectivity index (χ1) is 12.7. The fourth-order valence-corrected chi connectivity index (χ4v) is 3.32. The van der Waals surface area contributed by atoms with Crippen LogP contribution in [0.25, 0.3) is 5.69 Å². The van der Waals surface area contributed by atoms with Crippen LogP contribution in [0.15, 0.2) is 36.7 Å². The van der Waals surface area contributed by atoms with Crippen molar-refractivity contribution in [3.63, 3.8) is 0 Å². The number of para-hydroxylation sites is 1. The summed E-state index contributed by atoms with van der Waals surface area (Å²) in [5.74, 6) is 0.334. The lowest BCUT2D eigenvalue weighted by atomic mass is 10.0. The zero-order chi connectivity index (χ0) is 17.9. The summed E-state index contributed by atoms with van der Waals surface area (Å²) < 4.78 is 3.58. The Balaban J connectivity index is 1.44. The van der Waals surface area contributed by atoms with Gasteiger partial charge in [0, 0.05) is 24.8 Å². The van der Waals surface area contributed by atoms with E-state index in [0.717, 1.165) is 42.6 Å². The molecule has 0 saturated heterocycles. The van der Waals surface area contributed by atoms with Crippen LogP contribution in [0, 0.1) is 6.92 Å². The van der Waals surface area contributed by atoms with Gasteiger partial charge in [-0.3, -0.25) is 4.79 Å². The molecule has 0 radical (unpaired) electrons. The maximum absolute atomic E-state index is 12.7. The van der Waals surface area contributed by atoms with E-state index in [1.165, 1.54) is 0 Å². The van der Waals surface area contributed by atoms with Crippen LogP contribution in [0.3, 0.4) is 0 Å². The predicted molar refractivity (Wildman–Crippen MR) is 94.6 cm³/mol. The van der Waals surface area contributed by atoms with Crippen LogP contribution >= 0.6 is 0 Å². The summed E-state index contributed by atoms with van der Waals surface area (Å²) in [7, 11) is 0. The van der Waals surface area contributed by atoms with Gasteiger partial charge in [-0.25, -0.2) is 9.36 Å². The Labute approximate surface area is 151 Å². The molecule has 1 aliphatic heterocycles. The molecular weight excluding hydrogens is 330 g/mol. The zero-order valence-electron chi connectivity index (χ0n) is 14.7. The lowest BCUT2D eigenvalue weighted by Gasteiger charge is -2.12. The van der Waals surface area contributed by atoms with Crippen molar-refractivity contribution in [2.75, 3.05) is 0 Å². The Morgan fingerprint density at radius 3 is 3.08 bits per heavy atom.